The molecule has 0 bridgehead atoms. The number of hydrogen-bond acceptors (Lipinski definition) is 4. The number of morpholine rings is 1. The van der Waals surface area contributed by atoms with Crippen LogP contribution in [-0.4, -0.2) is 36.0 Å². The number of hydrogen-bond donors (Lipinski definition) is 1. The largest absolute Gasteiger partial charge is 0.369 e. The summed E-state index contributed by atoms with van der Waals surface area (Å²) in [6, 6.07) is 7.05. The van der Waals surface area contributed by atoms with Crippen LogP contribution in [-0.2, 0) is 24.8 Å². The third kappa shape index (κ3) is 5.40. The molecule has 2 unspecified atom stereocenters. The van der Waals surface area contributed by atoms with Crippen molar-refractivity contribution in [3.05, 3.63) is 29.8 Å². The summed E-state index contributed by atoms with van der Waals surface area (Å²) in [5.74, 6) is -0.170. The highest BCUT2D eigenvalue weighted by Crippen LogP contribution is 2.10. The summed E-state index contributed by atoms with van der Waals surface area (Å²) < 4.78 is 22.1. The molecular weight excluding hydrogens is 278 g/mol. The molecule has 0 aromatic heterocycles. The molecule has 1 aliphatic heterocycles. The first-order valence-electron chi connectivity index (χ1n) is 6.64. The molecular formula is C14H21NO4S. The molecule has 1 heterocycles. The van der Waals surface area contributed by atoms with Crippen LogP contribution in [0.25, 0.3) is 0 Å². The van der Waals surface area contributed by atoms with E-state index in [4.69, 9.17) is 8.92 Å². The van der Waals surface area contributed by atoms with E-state index in [0.717, 1.165) is 5.56 Å². The van der Waals surface area contributed by atoms with E-state index < -0.39 is 11.1 Å². The Morgan fingerprint density at radius 3 is 2.60 bits per heavy atom. The summed E-state index contributed by atoms with van der Waals surface area (Å²) in [5, 5.41) is 2.71. The Labute approximate surface area is 122 Å². The van der Waals surface area contributed by atoms with Gasteiger partial charge in [0.1, 0.15) is 6.61 Å². The van der Waals surface area contributed by atoms with E-state index in [9.17, 15) is 9.00 Å². The third-order valence-corrected chi connectivity index (χ3v) is 3.51. The summed E-state index contributed by atoms with van der Waals surface area (Å²) in [6.45, 7) is 6.60. The van der Waals surface area contributed by atoms with Crippen LogP contribution < -0.4 is 5.32 Å². The number of ether oxygens (including phenoxy) is 1. The second-order valence-electron chi connectivity index (χ2n) is 4.11. The third-order valence-electron chi connectivity index (χ3n) is 2.51. The van der Waals surface area contributed by atoms with E-state index in [0.29, 0.717) is 11.5 Å². The molecule has 1 aromatic carbocycles. The van der Waals surface area contributed by atoms with Gasteiger partial charge in [0.2, 0.25) is 5.91 Å². The number of rotatable bonds is 4. The Bertz CT molecular complexity index is 447. The van der Waals surface area contributed by atoms with Crippen molar-refractivity contribution in [1.29, 1.82) is 0 Å². The van der Waals surface area contributed by atoms with Gasteiger partial charge in [0.05, 0.1) is 24.2 Å². The van der Waals surface area contributed by atoms with Crippen LogP contribution >= 0.6 is 0 Å². The lowest BCUT2D eigenvalue weighted by molar-refractivity contribution is -0.131. The van der Waals surface area contributed by atoms with Crippen LogP contribution in [0.5, 0.6) is 0 Å². The minimum atomic E-state index is -1.51. The molecule has 0 spiro atoms. The van der Waals surface area contributed by atoms with Crippen molar-refractivity contribution in [2.75, 3.05) is 19.8 Å². The van der Waals surface area contributed by atoms with Crippen molar-refractivity contribution < 1.29 is 17.9 Å². The minimum Gasteiger partial charge on any atom is -0.369 e. The monoisotopic (exact) mass is 299 g/mol. The maximum absolute atomic E-state index is 11.8. The highest BCUT2D eigenvalue weighted by molar-refractivity contribution is 7.80. The quantitative estimate of drug-likeness (QED) is 0.916. The lowest BCUT2D eigenvalue weighted by Gasteiger charge is -2.22. The van der Waals surface area contributed by atoms with Gasteiger partial charge in [-0.1, -0.05) is 31.5 Å². The lowest BCUT2D eigenvalue weighted by Crippen LogP contribution is -2.48. The summed E-state index contributed by atoms with van der Waals surface area (Å²) in [4.78, 5) is 11.7. The van der Waals surface area contributed by atoms with Gasteiger partial charge < -0.3 is 10.1 Å². The smallest absolute Gasteiger partial charge is 0.246 e. The van der Waals surface area contributed by atoms with Crippen molar-refractivity contribution in [3.8, 4) is 0 Å². The molecule has 2 rings (SSSR count). The Hall–Kier alpha value is -1.24. The molecule has 5 nitrogen and oxygen atoms in total. The molecule has 112 valence electrons. The highest BCUT2D eigenvalue weighted by Gasteiger charge is 2.19. The second kappa shape index (κ2) is 8.84. The van der Waals surface area contributed by atoms with Gasteiger partial charge in [0, 0.05) is 0 Å². The van der Waals surface area contributed by atoms with Gasteiger partial charge in [-0.05, 0) is 19.1 Å². The highest BCUT2D eigenvalue weighted by atomic mass is 32.2. The maximum atomic E-state index is 11.8. The zero-order valence-corrected chi connectivity index (χ0v) is 12.9. The summed E-state index contributed by atoms with van der Waals surface area (Å²) in [5.41, 5.74) is 1.10. The molecule has 0 aliphatic carbocycles. The molecule has 1 N–H and O–H groups in total. The van der Waals surface area contributed by atoms with Crippen LogP contribution in [0.4, 0.5) is 0 Å². The molecule has 1 amide bonds. The molecule has 1 aliphatic rings. The zero-order valence-electron chi connectivity index (χ0n) is 12.0. The molecule has 6 heteroatoms. The van der Waals surface area contributed by atoms with Crippen LogP contribution in [0.3, 0.4) is 0 Å². The Morgan fingerprint density at radius 1 is 1.35 bits per heavy atom. The number of nitrogens with one attached hydrogen (secondary N) is 1. The number of amides is 1. The first-order chi connectivity index (χ1) is 9.65. The van der Waals surface area contributed by atoms with E-state index in [1.54, 1.807) is 12.1 Å². The van der Waals surface area contributed by atoms with Gasteiger partial charge in [-0.3, -0.25) is 8.98 Å². The van der Waals surface area contributed by atoms with Crippen LogP contribution in [0.2, 0.25) is 0 Å². The van der Waals surface area contributed by atoms with E-state index in [2.05, 4.69) is 5.32 Å². The average Bonchev–Trinajstić information content (AvgIpc) is 2.48. The predicted octanol–water partition coefficient (Wildman–Crippen LogP) is 1.58. The van der Waals surface area contributed by atoms with Gasteiger partial charge in [0.15, 0.2) is 11.1 Å². The summed E-state index contributed by atoms with van der Waals surface area (Å²) in [7, 11) is 0. The van der Waals surface area contributed by atoms with Crippen molar-refractivity contribution in [2.24, 2.45) is 0 Å². The second-order valence-corrected chi connectivity index (χ2v) is 5.29. The Morgan fingerprint density at radius 2 is 2.00 bits per heavy atom. The van der Waals surface area contributed by atoms with E-state index in [-0.39, 0.29) is 25.2 Å². The topological polar surface area (TPSA) is 64.6 Å². The predicted molar refractivity (Wildman–Crippen MR) is 77.6 cm³/mol. The maximum Gasteiger partial charge on any atom is 0.246 e. The minimum absolute atomic E-state index is 0.0809. The van der Waals surface area contributed by atoms with Gasteiger partial charge >= 0.3 is 0 Å². The molecule has 20 heavy (non-hydrogen) atoms. The van der Waals surface area contributed by atoms with Gasteiger partial charge in [-0.15, -0.1) is 0 Å². The fraction of sp³-hybridized carbons (Fsp3) is 0.500. The number of carbonyl (C=O) groups is 1. The molecule has 1 fully saturated rings. The Balaban J connectivity index is 0.000000956. The van der Waals surface area contributed by atoms with Crippen molar-refractivity contribution in [3.63, 3.8) is 0 Å². The first-order valence-corrected chi connectivity index (χ1v) is 7.71. The normalized spacial score (nSPS) is 19.6. The van der Waals surface area contributed by atoms with Gasteiger partial charge in [-0.2, -0.15) is 0 Å². The summed E-state index contributed by atoms with van der Waals surface area (Å²) >= 11 is -1.51. The van der Waals surface area contributed by atoms with Gasteiger partial charge in [-0.25, -0.2) is 4.21 Å². The van der Waals surface area contributed by atoms with Gasteiger partial charge in [0.25, 0.3) is 0 Å². The zero-order chi connectivity index (χ0) is 15.0. The first kappa shape index (κ1) is 16.8. The molecule has 0 radical (unpaired) electrons. The number of benzene rings is 1. The van der Waals surface area contributed by atoms with E-state index in [1.165, 1.54) is 0 Å². The fourth-order valence-corrected chi connectivity index (χ4v) is 2.34. The van der Waals surface area contributed by atoms with Crippen LogP contribution in [0.15, 0.2) is 29.2 Å². The number of aryl methyl sites for hydroxylation is 1. The molecule has 1 aromatic rings. The molecule has 1 saturated heterocycles. The fourth-order valence-electron chi connectivity index (χ4n) is 1.56. The Kier molecular flexibility index (Phi) is 7.43. The van der Waals surface area contributed by atoms with Crippen molar-refractivity contribution >= 4 is 17.0 Å². The van der Waals surface area contributed by atoms with Crippen LogP contribution in [0.1, 0.15) is 19.4 Å². The van der Waals surface area contributed by atoms with E-state index >= 15 is 0 Å². The van der Waals surface area contributed by atoms with Crippen LogP contribution in [0, 0.1) is 6.92 Å². The number of carbonyl (C=O) groups excluding carboxylic acids is 1. The van der Waals surface area contributed by atoms with E-state index in [1.807, 2.05) is 32.9 Å². The lowest BCUT2D eigenvalue weighted by atomic mass is 10.2. The SMILES string of the molecule is CC.Cc1ccc(S(=O)OCC2COCC(=O)N2)cc1. The standard InChI is InChI=1S/C12H15NO4S.C2H6/c1-9-2-4-11(5-3-9)18(15)17-7-10-6-16-8-12(14)13-10;1-2/h2-5,10H,6-8H2,1H3,(H,13,14);1-2H3. The molecule has 2 atom stereocenters. The van der Waals surface area contributed by atoms with Crippen molar-refractivity contribution in [1.82, 2.24) is 5.32 Å². The van der Waals surface area contributed by atoms with Crippen molar-refractivity contribution in [2.45, 2.75) is 31.7 Å². The summed E-state index contributed by atoms with van der Waals surface area (Å²) in [6.07, 6.45) is 0. The molecule has 0 saturated carbocycles. The average molecular weight is 299 g/mol.